The van der Waals surface area contributed by atoms with Crippen LogP contribution in [-0.2, 0) is 9.59 Å². The normalized spacial score (nSPS) is 44.3. The molecule has 0 spiro atoms. The smallest absolute Gasteiger partial charge is 0.222 e. The fraction of sp³-hybridized carbons (Fsp3) is 0.913. The summed E-state index contributed by atoms with van der Waals surface area (Å²) in [4.78, 5) is 25.5. The Balaban J connectivity index is 2.17. The molecule has 0 radical (unpaired) electrons. The van der Waals surface area contributed by atoms with Gasteiger partial charge in [0, 0.05) is 12.0 Å². The number of carbonyl (C=O) groups excluding carboxylic acids is 2. The average molecular weight is 380 g/mol. The molecule has 1 amide bonds. The summed E-state index contributed by atoms with van der Waals surface area (Å²) >= 11 is 0. The van der Waals surface area contributed by atoms with Gasteiger partial charge in [-0.25, -0.2) is 0 Å². The molecule has 1 saturated carbocycles. The Morgan fingerprint density at radius 3 is 2.33 bits per heavy atom. The number of carbonyl (C=O) groups is 2. The highest BCUT2D eigenvalue weighted by atomic mass is 16.3. The zero-order valence-corrected chi connectivity index (χ0v) is 18.5. The second kappa shape index (κ2) is 8.23. The molecule has 2 rings (SSSR count). The van der Waals surface area contributed by atoms with Crippen LogP contribution in [0.4, 0.5) is 0 Å². The van der Waals surface area contributed by atoms with Crippen LogP contribution in [0.2, 0.25) is 0 Å². The number of Topliss-reactive ketones (excluding diaryl/α,β-unsaturated/α-hetero) is 1. The highest BCUT2D eigenvalue weighted by Gasteiger charge is 2.49. The molecule has 0 aromatic heterocycles. The second-order valence-electron chi connectivity index (χ2n) is 10.6. The summed E-state index contributed by atoms with van der Waals surface area (Å²) in [6, 6.07) is 0.112. The first-order valence-electron chi connectivity index (χ1n) is 10.9. The summed E-state index contributed by atoms with van der Waals surface area (Å²) in [5.41, 5.74) is -0.498. The van der Waals surface area contributed by atoms with Crippen molar-refractivity contribution in [1.29, 1.82) is 0 Å². The van der Waals surface area contributed by atoms with Crippen molar-refractivity contribution in [2.24, 2.45) is 34.5 Å². The highest BCUT2D eigenvalue weighted by molar-refractivity contribution is 5.88. The first kappa shape index (κ1) is 22.4. The molecular formula is C23H41NO3. The van der Waals surface area contributed by atoms with Gasteiger partial charge in [0.2, 0.25) is 5.91 Å². The predicted molar refractivity (Wildman–Crippen MR) is 109 cm³/mol. The van der Waals surface area contributed by atoms with E-state index in [-0.39, 0.29) is 36.0 Å². The summed E-state index contributed by atoms with van der Waals surface area (Å²) in [5.74, 6) is 1.23. The standard InChI is InChI=1S/C23H41NO3/c1-14-9-8-10-23(7)13-18(23)11-15(2)24-20(26)12-19(25)22(5,6)21(27)17(4)16(14)3/h14-19,25H,8-13H2,1-7H3,(H,24,26). The van der Waals surface area contributed by atoms with Gasteiger partial charge in [-0.2, -0.15) is 0 Å². The van der Waals surface area contributed by atoms with E-state index in [2.05, 4.69) is 26.1 Å². The van der Waals surface area contributed by atoms with Gasteiger partial charge < -0.3 is 10.4 Å². The maximum atomic E-state index is 13.1. The molecule has 4 nitrogen and oxygen atoms in total. The number of hydrogen-bond acceptors (Lipinski definition) is 3. The molecule has 4 heteroatoms. The number of rotatable bonds is 0. The van der Waals surface area contributed by atoms with Gasteiger partial charge in [0.15, 0.2) is 0 Å². The molecule has 2 aliphatic rings. The number of hydrogen-bond donors (Lipinski definition) is 2. The van der Waals surface area contributed by atoms with E-state index in [1.807, 2.05) is 13.8 Å². The van der Waals surface area contributed by atoms with Gasteiger partial charge in [0.05, 0.1) is 17.9 Å². The van der Waals surface area contributed by atoms with Crippen molar-refractivity contribution in [3.63, 3.8) is 0 Å². The van der Waals surface area contributed by atoms with Crippen molar-refractivity contribution < 1.29 is 14.7 Å². The van der Waals surface area contributed by atoms with E-state index in [1.54, 1.807) is 13.8 Å². The predicted octanol–water partition coefficient (Wildman–Crippen LogP) is 4.35. The summed E-state index contributed by atoms with van der Waals surface area (Å²) in [5, 5.41) is 13.7. The zero-order valence-electron chi connectivity index (χ0n) is 18.5. The minimum absolute atomic E-state index is 0.0122. The van der Waals surface area contributed by atoms with E-state index in [9.17, 15) is 14.7 Å². The van der Waals surface area contributed by atoms with Gasteiger partial charge in [0.25, 0.3) is 0 Å². The SMILES string of the molecule is CC1CC2CC2(C)CCCC(C)C(C)C(C)C(=O)C(C)(C)C(O)CC(=O)N1. The lowest BCUT2D eigenvalue weighted by molar-refractivity contribution is -0.141. The second-order valence-corrected chi connectivity index (χ2v) is 10.6. The van der Waals surface area contributed by atoms with Crippen LogP contribution in [0.5, 0.6) is 0 Å². The average Bonchev–Trinajstić information content (AvgIpc) is 3.20. The van der Waals surface area contributed by atoms with Crippen LogP contribution in [0.1, 0.15) is 87.0 Å². The van der Waals surface area contributed by atoms with Crippen LogP contribution in [0, 0.1) is 34.5 Å². The molecule has 2 N–H and O–H groups in total. The van der Waals surface area contributed by atoms with E-state index in [1.165, 1.54) is 19.3 Å². The summed E-state index contributed by atoms with van der Waals surface area (Å²) in [6.07, 6.45) is 4.87. The van der Waals surface area contributed by atoms with Crippen LogP contribution in [-0.4, -0.2) is 28.9 Å². The first-order valence-corrected chi connectivity index (χ1v) is 10.9. The molecule has 27 heavy (non-hydrogen) atoms. The Kier molecular flexibility index (Phi) is 6.82. The fourth-order valence-electron chi connectivity index (χ4n) is 5.00. The molecule has 2 fully saturated rings. The van der Waals surface area contributed by atoms with Gasteiger partial charge in [0.1, 0.15) is 5.78 Å². The highest BCUT2D eigenvalue weighted by Crippen LogP contribution is 2.58. The molecular weight excluding hydrogens is 338 g/mol. The molecule has 1 saturated heterocycles. The summed E-state index contributed by atoms with van der Waals surface area (Å²) < 4.78 is 0. The monoisotopic (exact) mass is 379 g/mol. The Hall–Kier alpha value is -0.900. The maximum absolute atomic E-state index is 13.1. The van der Waals surface area contributed by atoms with E-state index in [0.717, 1.165) is 12.8 Å². The van der Waals surface area contributed by atoms with Crippen molar-refractivity contribution in [3.05, 3.63) is 0 Å². The number of nitrogens with one attached hydrogen (secondary N) is 1. The van der Waals surface area contributed by atoms with Crippen molar-refractivity contribution in [1.82, 2.24) is 5.32 Å². The lowest BCUT2D eigenvalue weighted by Crippen LogP contribution is -2.45. The topological polar surface area (TPSA) is 66.4 Å². The first-order chi connectivity index (χ1) is 12.4. The molecule has 1 aliphatic heterocycles. The molecule has 1 heterocycles. The Morgan fingerprint density at radius 2 is 1.70 bits per heavy atom. The van der Waals surface area contributed by atoms with E-state index >= 15 is 0 Å². The fourth-order valence-corrected chi connectivity index (χ4v) is 5.00. The van der Waals surface area contributed by atoms with Crippen LogP contribution < -0.4 is 5.32 Å². The molecule has 0 bridgehead atoms. The third-order valence-corrected chi connectivity index (χ3v) is 7.94. The Labute approximate surface area is 165 Å². The Bertz CT molecular complexity index is 558. The summed E-state index contributed by atoms with van der Waals surface area (Å²) in [7, 11) is 0. The number of aliphatic hydroxyl groups excluding tert-OH is 1. The molecule has 1 aliphatic carbocycles. The van der Waals surface area contributed by atoms with Crippen LogP contribution in [0.15, 0.2) is 0 Å². The van der Waals surface area contributed by atoms with Gasteiger partial charge >= 0.3 is 0 Å². The lowest BCUT2D eigenvalue weighted by Gasteiger charge is -2.35. The third kappa shape index (κ3) is 5.13. The van der Waals surface area contributed by atoms with E-state index < -0.39 is 11.5 Å². The number of fused-ring (bicyclic) bond motifs is 1. The quantitative estimate of drug-likeness (QED) is 0.658. The van der Waals surface area contributed by atoms with Crippen molar-refractivity contribution in [2.75, 3.05) is 0 Å². The zero-order chi connectivity index (χ0) is 20.6. The molecule has 7 atom stereocenters. The molecule has 156 valence electrons. The van der Waals surface area contributed by atoms with Crippen LogP contribution in [0.25, 0.3) is 0 Å². The van der Waals surface area contributed by atoms with Crippen LogP contribution >= 0.6 is 0 Å². The van der Waals surface area contributed by atoms with Crippen molar-refractivity contribution in [3.8, 4) is 0 Å². The van der Waals surface area contributed by atoms with Gasteiger partial charge in [-0.15, -0.1) is 0 Å². The van der Waals surface area contributed by atoms with Gasteiger partial charge in [-0.1, -0.05) is 54.4 Å². The van der Waals surface area contributed by atoms with E-state index in [0.29, 0.717) is 17.3 Å². The lowest BCUT2D eigenvalue weighted by atomic mass is 9.70. The third-order valence-electron chi connectivity index (χ3n) is 7.94. The largest absolute Gasteiger partial charge is 0.392 e. The number of ketones is 1. The minimum Gasteiger partial charge on any atom is -0.392 e. The van der Waals surface area contributed by atoms with Crippen molar-refractivity contribution >= 4 is 11.7 Å². The van der Waals surface area contributed by atoms with E-state index in [4.69, 9.17) is 0 Å². The molecule has 0 aromatic carbocycles. The van der Waals surface area contributed by atoms with Gasteiger partial charge in [-0.3, -0.25) is 9.59 Å². The number of aliphatic hydroxyl groups is 1. The number of amides is 1. The minimum atomic E-state index is -0.957. The Morgan fingerprint density at radius 1 is 1.07 bits per heavy atom. The molecule has 0 aromatic rings. The van der Waals surface area contributed by atoms with Crippen LogP contribution in [0.3, 0.4) is 0 Å². The van der Waals surface area contributed by atoms with Gasteiger partial charge in [-0.05, 0) is 49.4 Å². The van der Waals surface area contributed by atoms with Crippen molar-refractivity contribution in [2.45, 2.75) is 99.1 Å². The summed E-state index contributed by atoms with van der Waals surface area (Å²) in [6.45, 7) is 14.4. The molecule has 7 unspecified atom stereocenters. The maximum Gasteiger partial charge on any atom is 0.222 e.